The Hall–Kier alpha value is -0.300. The summed E-state index contributed by atoms with van der Waals surface area (Å²) in [6.45, 7) is 9.48. The summed E-state index contributed by atoms with van der Waals surface area (Å²) in [4.78, 5) is 0. The second-order valence-electron chi connectivity index (χ2n) is 6.95. The van der Waals surface area contributed by atoms with Crippen LogP contribution in [0.3, 0.4) is 0 Å². The molecule has 0 spiro atoms. The summed E-state index contributed by atoms with van der Waals surface area (Å²) in [5.74, 6) is 1.64. The normalized spacial score (nSPS) is 32.9. The quantitative estimate of drug-likeness (QED) is 0.705. The zero-order valence-corrected chi connectivity index (χ0v) is 12.6. The van der Waals surface area contributed by atoms with Crippen molar-refractivity contribution in [1.82, 2.24) is 5.32 Å². The molecule has 0 aliphatic heterocycles. The fraction of sp³-hybridized carbons (Fsp3) is 0.882. The molecular formula is C17H31N. The van der Waals surface area contributed by atoms with Crippen molar-refractivity contribution in [3.8, 4) is 0 Å². The first kappa shape index (κ1) is 14.1. The molecule has 0 aromatic carbocycles. The smallest absolute Gasteiger partial charge is 0.00622 e. The van der Waals surface area contributed by atoms with Gasteiger partial charge < -0.3 is 5.32 Å². The maximum absolute atomic E-state index is 3.75. The maximum atomic E-state index is 3.75. The van der Waals surface area contributed by atoms with Gasteiger partial charge in [-0.1, -0.05) is 38.8 Å². The van der Waals surface area contributed by atoms with Crippen molar-refractivity contribution in [3.63, 3.8) is 0 Å². The Balaban J connectivity index is 2.05. The predicted molar refractivity (Wildman–Crippen MR) is 79.7 cm³/mol. The van der Waals surface area contributed by atoms with Gasteiger partial charge in [-0.3, -0.25) is 0 Å². The Labute approximate surface area is 113 Å². The van der Waals surface area contributed by atoms with Gasteiger partial charge in [0.1, 0.15) is 0 Å². The van der Waals surface area contributed by atoms with Crippen molar-refractivity contribution in [2.24, 2.45) is 17.3 Å². The van der Waals surface area contributed by atoms with Crippen molar-refractivity contribution < 1.29 is 0 Å². The molecular weight excluding hydrogens is 218 g/mol. The van der Waals surface area contributed by atoms with E-state index in [0.29, 0.717) is 5.41 Å². The van der Waals surface area contributed by atoms with E-state index >= 15 is 0 Å². The molecule has 1 N–H and O–H groups in total. The Morgan fingerprint density at radius 1 is 1.33 bits per heavy atom. The van der Waals surface area contributed by atoms with E-state index in [-0.39, 0.29) is 0 Å². The molecule has 0 radical (unpaired) electrons. The van der Waals surface area contributed by atoms with Gasteiger partial charge in [0.15, 0.2) is 0 Å². The van der Waals surface area contributed by atoms with E-state index in [0.717, 1.165) is 11.8 Å². The molecule has 18 heavy (non-hydrogen) atoms. The second-order valence-corrected chi connectivity index (χ2v) is 6.95. The second kappa shape index (κ2) is 6.23. The number of nitrogens with one attached hydrogen (secondary N) is 1. The summed E-state index contributed by atoms with van der Waals surface area (Å²) in [5, 5.41) is 3.75. The van der Waals surface area contributed by atoms with E-state index in [4.69, 9.17) is 0 Å². The van der Waals surface area contributed by atoms with E-state index in [9.17, 15) is 0 Å². The van der Waals surface area contributed by atoms with Gasteiger partial charge in [0.2, 0.25) is 0 Å². The van der Waals surface area contributed by atoms with Gasteiger partial charge in [0.25, 0.3) is 0 Å². The standard InChI is InChI=1S/C17H31N/c1-14(2)12-18-13-17(11-7-8-15(17)3)16-9-5-4-6-10-16/h9,14-15,18H,4-8,10-13H2,1-3H3. The molecule has 1 nitrogen and oxygen atoms in total. The number of hydrogen-bond donors (Lipinski definition) is 1. The van der Waals surface area contributed by atoms with Crippen LogP contribution >= 0.6 is 0 Å². The number of rotatable bonds is 5. The molecule has 0 aromatic rings. The number of hydrogen-bond acceptors (Lipinski definition) is 1. The van der Waals surface area contributed by atoms with Crippen LogP contribution < -0.4 is 5.32 Å². The van der Waals surface area contributed by atoms with Crippen LogP contribution in [0.15, 0.2) is 11.6 Å². The Morgan fingerprint density at radius 2 is 2.17 bits per heavy atom. The van der Waals surface area contributed by atoms with Crippen LogP contribution in [0.2, 0.25) is 0 Å². The minimum absolute atomic E-state index is 0.509. The molecule has 0 aromatic heterocycles. The van der Waals surface area contributed by atoms with Crippen molar-refractivity contribution in [2.75, 3.05) is 13.1 Å². The van der Waals surface area contributed by atoms with E-state index in [2.05, 4.69) is 32.2 Å². The predicted octanol–water partition coefficient (Wildman–Crippen LogP) is 4.54. The van der Waals surface area contributed by atoms with Crippen molar-refractivity contribution in [2.45, 2.75) is 65.7 Å². The highest BCUT2D eigenvalue weighted by atomic mass is 14.9. The van der Waals surface area contributed by atoms with Gasteiger partial charge in [-0.05, 0) is 56.9 Å². The fourth-order valence-corrected chi connectivity index (χ4v) is 3.97. The van der Waals surface area contributed by atoms with E-state index in [1.807, 2.05) is 0 Å². The fourth-order valence-electron chi connectivity index (χ4n) is 3.97. The minimum Gasteiger partial charge on any atom is -0.316 e. The van der Waals surface area contributed by atoms with Gasteiger partial charge in [-0.25, -0.2) is 0 Å². The van der Waals surface area contributed by atoms with Crippen LogP contribution in [0.4, 0.5) is 0 Å². The summed E-state index contributed by atoms with van der Waals surface area (Å²) < 4.78 is 0. The zero-order chi connectivity index (χ0) is 13.0. The third kappa shape index (κ3) is 2.99. The van der Waals surface area contributed by atoms with Gasteiger partial charge in [0.05, 0.1) is 0 Å². The van der Waals surface area contributed by atoms with Gasteiger partial charge in [0, 0.05) is 12.0 Å². The monoisotopic (exact) mass is 249 g/mol. The average molecular weight is 249 g/mol. The molecule has 1 heteroatoms. The summed E-state index contributed by atoms with van der Waals surface area (Å²) >= 11 is 0. The summed E-state index contributed by atoms with van der Waals surface area (Å²) in [6.07, 6.45) is 12.4. The topological polar surface area (TPSA) is 12.0 Å². The molecule has 0 amide bonds. The summed E-state index contributed by atoms with van der Waals surface area (Å²) in [7, 11) is 0. The zero-order valence-electron chi connectivity index (χ0n) is 12.6. The SMILES string of the molecule is CC(C)CNCC1(C2=CCCCC2)CCCC1C. The van der Waals surface area contributed by atoms with Crippen molar-refractivity contribution in [1.29, 1.82) is 0 Å². The lowest BCUT2D eigenvalue weighted by Gasteiger charge is -2.39. The van der Waals surface area contributed by atoms with Crippen LogP contribution in [0.25, 0.3) is 0 Å². The van der Waals surface area contributed by atoms with Crippen molar-refractivity contribution in [3.05, 3.63) is 11.6 Å². The first-order valence-corrected chi connectivity index (χ1v) is 8.05. The molecule has 0 saturated heterocycles. The summed E-state index contributed by atoms with van der Waals surface area (Å²) in [5.41, 5.74) is 2.31. The van der Waals surface area contributed by atoms with Crippen molar-refractivity contribution >= 4 is 0 Å². The highest BCUT2D eigenvalue weighted by molar-refractivity contribution is 5.21. The highest BCUT2D eigenvalue weighted by Gasteiger charge is 2.42. The molecule has 0 bridgehead atoms. The van der Waals surface area contributed by atoms with Crippen LogP contribution in [0, 0.1) is 17.3 Å². The Bertz CT molecular complexity index is 292. The highest BCUT2D eigenvalue weighted by Crippen LogP contribution is 2.50. The molecule has 2 rings (SSSR count). The van der Waals surface area contributed by atoms with E-state index in [1.54, 1.807) is 5.57 Å². The van der Waals surface area contributed by atoms with Crippen LogP contribution in [0.5, 0.6) is 0 Å². The lowest BCUT2D eigenvalue weighted by atomic mass is 9.69. The van der Waals surface area contributed by atoms with Crippen LogP contribution in [-0.2, 0) is 0 Å². The average Bonchev–Trinajstić information content (AvgIpc) is 2.73. The third-order valence-electron chi connectivity index (χ3n) is 5.13. The Morgan fingerprint density at radius 3 is 2.72 bits per heavy atom. The van der Waals surface area contributed by atoms with E-state index < -0.39 is 0 Å². The van der Waals surface area contributed by atoms with E-state index in [1.165, 1.54) is 58.0 Å². The molecule has 2 unspecified atom stereocenters. The maximum Gasteiger partial charge on any atom is 0.00622 e. The molecule has 1 saturated carbocycles. The van der Waals surface area contributed by atoms with Gasteiger partial charge >= 0.3 is 0 Å². The molecule has 0 heterocycles. The van der Waals surface area contributed by atoms with Gasteiger partial charge in [-0.15, -0.1) is 0 Å². The third-order valence-corrected chi connectivity index (χ3v) is 5.13. The van der Waals surface area contributed by atoms with Crippen LogP contribution in [0.1, 0.15) is 65.7 Å². The van der Waals surface area contributed by atoms with Crippen LogP contribution in [-0.4, -0.2) is 13.1 Å². The molecule has 2 aliphatic carbocycles. The summed E-state index contributed by atoms with van der Waals surface area (Å²) in [6, 6.07) is 0. The molecule has 1 fully saturated rings. The molecule has 104 valence electrons. The lowest BCUT2D eigenvalue weighted by Crippen LogP contribution is -2.39. The minimum atomic E-state index is 0.509. The Kier molecular flexibility index (Phi) is 4.89. The molecule has 2 atom stereocenters. The lowest BCUT2D eigenvalue weighted by molar-refractivity contribution is 0.244. The molecule has 2 aliphatic rings. The first-order chi connectivity index (χ1) is 8.65. The van der Waals surface area contributed by atoms with Gasteiger partial charge in [-0.2, -0.15) is 0 Å². The largest absolute Gasteiger partial charge is 0.316 e. The number of allylic oxidation sites excluding steroid dienone is 1. The first-order valence-electron chi connectivity index (χ1n) is 8.05.